The molecule has 1 fully saturated rings. The quantitative estimate of drug-likeness (QED) is 0.223. The van der Waals surface area contributed by atoms with E-state index in [9.17, 15) is 4.79 Å². The van der Waals surface area contributed by atoms with Gasteiger partial charge in [0.2, 0.25) is 0 Å². The third kappa shape index (κ3) is 6.20. The molecule has 1 aromatic heterocycles. The molecule has 2 heterocycles. The molecule has 1 amide bonds. The lowest BCUT2D eigenvalue weighted by molar-refractivity contribution is 0.0955. The van der Waals surface area contributed by atoms with Crippen molar-refractivity contribution in [2.24, 2.45) is 5.10 Å². The molecule has 0 unspecified atom stereocenters. The fourth-order valence-electron chi connectivity index (χ4n) is 5.70. The Labute approximate surface area is 243 Å². The zero-order valence-electron chi connectivity index (χ0n) is 24.6. The Balaban J connectivity index is 1.16. The van der Waals surface area contributed by atoms with E-state index in [0.717, 1.165) is 61.1 Å². The first-order valence-corrected chi connectivity index (χ1v) is 14.1. The Morgan fingerprint density at radius 2 is 1.59 bits per heavy atom. The van der Waals surface area contributed by atoms with Gasteiger partial charge in [-0.15, -0.1) is 0 Å². The number of benzene rings is 3. The zero-order chi connectivity index (χ0) is 28.9. The molecule has 7 nitrogen and oxygen atoms in total. The molecule has 5 rings (SSSR count). The summed E-state index contributed by atoms with van der Waals surface area (Å²) in [6.45, 7) is 13.1. The molecule has 0 atom stereocenters. The highest BCUT2D eigenvalue weighted by atomic mass is 16.5. The van der Waals surface area contributed by atoms with Gasteiger partial charge in [-0.1, -0.05) is 42.5 Å². The van der Waals surface area contributed by atoms with Gasteiger partial charge in [-0.25, -0.2) is 5.43 Å². The lowest BCUT2D eigenvalue weighted by atomic mass is 10.1. The predicted octanol–water partition coefficient (Wildman–Crippen LogP) is 5.81. The summed E-state index contributed by atoms with van der Waals surface area (Å²) in [6, 6.07) is 24.4. The molecule has 41 heavy (non-hydrogen) atoms. The van der Waals surface area contributed by atoms with Crippen LogP contribution in [0.5, 0.6) is 5.75 Å². The molecule has 4 aromatic rings. The molecular formula is C34H39N5O2. The van der Waals surface area contributed by atoms with Crippen LogP contribution in [0.1, 0.15) is 44.0 Å². The number of amides is 1. The van der Waals surface area contributed by atoms with E-state index in [-0.39, 0.29) is 5.91 Å². The highest BCUT2D eigenvalue weighted by molar-refractivity contribution is 5.95. The van der Waals surface area contributed by atoms with E-state index in [4.69, 9.17) is 4.74 Å². The van der Waals surface area contributed by atoms with Crippen LogP contribution in [-0.4, -0.2) is 54.9 Å². The van der Waals surface area contributed by atoms with E-state index in [1.807, 2.05) is 36.4 Å². The van der Waals surface area contributed by atoms with Gasteiger partial charge >= 0.3 is 0 Å². The summed E-state index contributed by atoms with van der Waals surface area (Å²) in [5, 5.41) is 4.27. The van der Waals surface area contributed by atoms with Crippen LogP contribution in [0.25, 0.3) is 5.69 Å². The van der Waals surface area contributed by atoms with Crippen molar-refractivity contribution in [3.63, 3.8) is 0 Å². The van der Waals surface area contributed by atoms with E-state index in [0.29, 0.717) is 5.56 Å². The van der Waals surface area contributed by atoms with Gasteiger partial charge in [0.05, 0.1) is 24.7 Å². The number of ether oxygens (including phenoxy) is 1. The first kappa shape index (κ1) is 28.2. The molecule has 1 N–H and O–H groups in total. The number of carbonyl (C=O) groups is 1. The molecule has 0 aliphatic carbocycles. The normalized spacial score (nSPS) is 14.0. The van der Waals surface area contributed by atoms with E-state index in [2.05, 4.69) is 89.0 Å². The first-order valence-electron chi connectivity index (χ1n) is 14.1. The molecule has 0 radical (unpaired) electrons. The third-order valence-corrected chi connectivity index (χ3v) is 7.92. The van der Waals surface area contributed by atoms with Crippen molar-refractivity contribution in [2.45, 2.75) is 34.2 Å². The summed E-state index contributed by atoms with van der Waals surface area (Å²) in [5.74, 6) is 0.696. The number of aromatic nitrogens is 1. The van der Waals surface area contributed by atoms with Crippen molar-refractivity contribution in [1.29, 1.82) is 0 Å². The van der Waals surface area contributed by atoms with Gasteiger partial charge in [0, 0.05) is 55.2 Å². The van der Waals surface area contributed by atoms with Crippen molar-refractivity contribution in [3.05, 3.63) is 112 Å². The number of piperazine rings is 1. The molecule has 0 saturated carbocycles. The fraction of sp³-hybridized carbons (Fsp3) is 0.294. The number of hydrogen-bond donors (Lipinski definition) is 1. The highest BCUT2D eigenvalue weighted by Gasteiger charge is 2.20. The largest absolute Gasteiger partial charge is 0.495 e. The number of aryl methyl sites for hydroxylation is 3. The predicted molar refractivity (Wildman–Crippen MR) is 167 cm³/mol. The average molecular weight is 550 g/mol. The lowest BCUT2D eigenvalue weighted by Crippen LogP contribution is -2.46. The maximum absolute atomic E-state index is 12.8. The monoisotopic (exact) mass is 549 g/mol. The second kappa shape index (κ2) is 12.4. The number of hydrogen-bond acceptors (Lipinski definition) is 5. The minimum Gasteiger partial charge on any atom is -0.495 e. The van der Waals surface area contributed by atoms with Gasteiger partial charge in [0.1, 0.15) is 5.75 Å². The second-order valence-corrected chi connectivity index (χ2v) is 10.7. The molecule has 0 bridgehead atoms. The SMILES string of the molecule is COc1ccccc1N1CCN(Cc2ccc(C(=O)N/N=C\c3cc(C)n(-c4c(C)cccc4C)c3C)cc2)CC1. The Bertz CT molecular complexity index is 1530. The Hall–Kier alpha value is -4.36. The molecule has 7 heteroatoms. The summed E-state index contributed by atoms with van der Waals surface area (Å²) in [7, 11) is 1.72. The summed E-state index contributed by atoms with van der Waals surface area (Å²) >= 11 is 0. The Morgan fingerprint density at radius 1 is 0.902 bits per heavy atom. The Morgan fingerprint density at radius 3 is 2.27 bits per heavy atom. The van der Waals surface area contributed by atoms with Crippen LogP contribution in [0, 0.1) is 27.7 Å². The van der Waals surface area contributed by atoms with Crippen LogP contribution in [0.15, 0.2) is 77.9 Å². The van der Waals surface area contributed by atoms with Crippen molar-refractivity contribution in [3.8, 4) is 11.4 Å². The van der Waals surface area contributed by atoms with Crippen LogP contribution >= 0.6 is 0 Å². The average Bonchev–Trinajstić information content (AvgIpc) is 3.26. The standard InChI is InChI=1S/C34H39N5O2/c1-24-9-8-10-25(2)33(24)39-26(3)21-30(27(39)4)22-35-36-34(40)29-15-13-28(14-16-29)23-37-17-19-38(20-18-37)31-11-6-7-12-32(31)41-5/h6-16,21-22H,17-20,23H2,1-5H3,(H,36,40)/b35-22-. The number of methoxy groups -OCH3 is 1. The minimum atomic E-state index is -0.221. The number of hydrazone groups is 1. The van der Waals surface area contributed by atoms with Gasteiger partial charge in [-0.3, -0.25) is 9.69 Å². The topological polar surface area (TPSA) is 62.1 Å². The van der Waals surface area contributed by atoms with E-state index < -0.39 is 0 Å². The van der Waals surface area contributed by atoms with Gasteiger partial charge < -0.3 is 14.2 Å². The maximum Gasteiger partial charge on any atom is 0.271 e. The summed E-state index contributed by atoms with van der Waals surface area (Å²) in [6.07, 6.45) is 1.73. The molecule has 3 aromatic carbocycles. The van der Waals surface area contributed by atoms with Crippen LogP contribution in [0.2, 0.25) is 0 Å². The van der Waals surface area contributed by atoms with Crippen molar-refractivity contribution < 1.29 is 9.53 Å². The fourth-order valence-corrected chi connectivity index (χ4v) is 5.70. The molecule has 1 aliphatic heterocycles. The van der Waals surface area contributed by atoms with Crippen LogP contribution in [0.4, 0.5) is 5.69 Å². The van der Waals surface area contributed by atoms with E-state index >= 15 is 0 Å². The van der Waals surface area contributed by atoms with Crippen LogP contribution < -0.4 is 15.1 Å². The Kier molecular flexibility index (Phi) is 8.55. The van der Waals surface area contributed by atoms with Crippen LogP contribution in [-0.2, 0) is 6.54 Å². The van der Waals surface area contributed by atoms with Crippen LogP contribution in [0.3, 0.4) is 0 Å². The molecular weight excluding hydrogens is 510 g/mol. The van der Waals surface area contributed by atoms with Gasteiger partial charge in [-0.05, 0) is 74.7 Å². The molecule has 1 aliphatic rings. The minimum absolute atomic E-state index is 0.221. The molecule has 0 spiro atoms. The summed E-state index contributed by atoms with van der Waals surface area (Å²) in [4.78, 5) is 17.6. The maximum atomic E-state index is 12.8. The number of nitrogens with one attached hydrogen (secondary N) is 1. The number of para-hydroxylation sites is 3. The number of nitrogens with zero attached hydrogens (tertiary/aromatic N) is 4. The lowest BCUT2D eigenvalue weighted by Gasteiger charge is -2.36. The van der Waals surface area contributed by atoms with Gasteiger partial charge in [-0.2, -0.15) is 5.10 Å². The summed E-state index contributed by atoms with van der Waals surface area (Å²) < 4.78 is 7.79. The smallest absolute Gasteiger partial charge is 0.271 e. The second-order valence-electron chi connectivity index (χ2n) is 10.7. The number of carbonyl (C=O) groups excluding carboxylic acids is 1. The number of anilines is 1. The molecule has 212 valence electrons. The van der Waals surface area contributed by atoms with Crippen molar-refractivity contribution in [1.82, 2.24) is 14.9 Å². The van der Waals surface area contributed by atoms with Gasteiger partial charge in [0.25, 0.3) is 5.91 Å². The zero-order valence-corrected chi connectivity index (χ0v) is 24.6. The third-order valence-electron chi connectivity index (χ3n) is 7.92. The van der Waals surface area contributed by atoms with E-state index in [1.165, 1.54) is 22.4 Å². The van der Waals surface area contributed by atoms with Gasteiger partial charge in [0.15, 0.2) is 0 Å². The van der Waals surface area contributed by atoms with E-state index in [1.54, 1.807) is 13.3 Å². The highest BCUT2D eigenvalue weighted by Crippen LogP contribution is 2.29. The van der Waals surface area contributed by atoms with Crippen molar-refractivity contribution >= 4 is 17.8 Å². The molecule has 1 saturated heterocycles. The first-order chi connectivity index (χ1) is 19.9. The number of rotatable bonds is 8. The van der Waals surface area contributed by atoms with Crippen molar-refractivity contribution in [2.75, 3.05) is 38.2 Å². The summed E-state index contributed by atoms with van der Waals surface area (Å²) in [5.41, 5.74) is 12.5.